The van der Waals surface area contributed by atoms with E-state index in [2.05, 4.69) is 10.0 Å². The summed E-state index contributed by atoms with van der Waals surface area (Å²) in [5.74, 6) is -0.254. The lowest BCUT2D eigenvalue weighted by Gasteiger charge is -2.37. The van der Waals surface area contributed by atoms with Gasteiger partial charge in [0.25, 0.3) is 0 Å². The maximum absolute atomic E-state index is 12.4. The van der Waals surface area contributed by atoms with Gasteiger partial charge in [0.2, 0.25) is 20.0 Å². The van der Waals surface area contributed by atoms with Crippen molar-refractivity contribution in [3.63, 3.8) is 0 Å². The fourth-order valence-electron chi connectivity index (χ4n) is 2.52. The van der Waals surface area contributed by atoms with Gasteiger partial charge in [0.15, 0.2) is 0 Å². The molecule has 23 heavy (non-hydrogen) atoms. The molecule has 7 nitrogen and oxygen atoms in total. The molecule has 2 rings (SSSR count). The Hall–Kier alpha value is -1.00. The predicted octanol–water partition coefficient (Wildman–Crippen LogP) is -0.0231. The Balaban J connectivity index is 1.97. The molecule has 1 fully saturated rings. The number of hydrogen-bond acceptors (Lipinski definition) is 5. The van der Waals surface area contributed by atoms with Crippen LogP contribution in [0.15, 0.2) is 35.2 Å². The Morgan fingerprint density at radius 1 is 1.17 bits per heavy atom. The van der Waals surface area contributed by atoms with Crippen LogP contribution in [0.25, 0.3) is 0 Å². The van der Waals surface area contributed by atoms with E-state index in [0.29, 0.717) is 13.1 Å². The first-order valence-corrected chi connectivity index (χ1v) is 10.6. The van der Waals surface area contributed by atoms with E-state index in [1.807, 2.05) is 13.8 Å². The third kappa shape index (κ3) is 4.51. The molecule has 2 unspecified atom stereocenters. The van der Waals surface area contributed by atoms with Gasteiger partial charge in [0.1, 0.15) is 0 Å². The second-order valence-electron chi connectivity index (χ2n) is 5.62. The number of sulfonamides is 2. The van der Waals surface area contributed by atoms with Crippen molar-refractivity contribution in [1.29, 1.82) is 0 Å². The molecule has 0 aliphatic carbocycles. The highest BCUT2D eigenvalue weighted by molar-refractivity contribution is 7.90. The van der Waals surface area contributed by atoms with Crippen molar-refractivity contribution in [2.24, 2.45) is 0 Å². The summed E-state index contributed by atoms with van der Waals surface area (Å²) in [4.78, 5) is 0.126. The highest BCUT2D eigenvalue weighted by atomic mass is 32.2. The van der Waals surface area contributed by atoms with Crippen LogP contribution < -0.4 is 10.0 Å². The zero-order valence-electron chi connectivity index (χ0n) is 13.3. The third-order valence-corrected chi connectivity index (χ3v) is 7.47. The molecule has 9 heteroatoms. The van der Waals surface area contributed by atoms with Crippen LogP contribution in [0.1, 0.15) is 13.8 Å². The molecule has 1 saturated heterocycles. The molecule has 0 aromatic heterocycles. The number of rotatable bonds is 6. The van der Waals surface area contributed by atoms with Crippen molar-refractivity contribution in [1.82, 2.24) is 14.3 Å². The Kier molecular flexibility index (Phi) is 5.79. The van der Waals surface area contributed by atoms with Crippen LogP contribution >= 0.6 is 0 Å². The van der Waals surface area contributed by atoms with Crippen molar-refractivity contribution in [2.45, 2.75) is 30.8 Å². The Labute approximate surface area is 138 Å². The molecule has 1 heterocycles. The molecule has 1 aromatic rings. The zero-order chi connectivity index (χ0) is 17.1. The van der Waals surface area contributed by atoms with E-state index in [9.17, 15) is 16.8 Å². The van der Waals surface area contributed by atoms with E-state index < -0.39 is 20.0 Å². The van der Waals surface area contributed by atoms with Crippen LogP contribution in [0.3, 0.4) is 0 Å². The number of nitrogens with one attached hydrogen (secondary N) is 2. The van der Waals surface area contributed by atoms with Gasteiger partial charge >= 0.3 is 0 Å². The average molecular weight is 361 g/mol. The first-order chi connectivity index (χ1) is 10.7. The predicted molar refractivity (Wildman–Crippen MR) is 89.1 cm³/mol. The average Bonchev–Trinajstić information content (AvgIpc) is 2.50. The molecule has 0 bridgehead atoms. The Morgan fingerprint density at radius 2 is 1.83 bits per heavy atom. The number of benzene rings is 1. The molecule has 0 amide bonds. The van der Waals surface area contributed by atoms with Crippen molar-refractivity contribution >= 4 is 20.0 Å². The maximum atomic E-state index is 12.4. The summed E-state index contributed by atoms with van der Waals surface area (Å²) in [5, 5.41) is 3.22. The summed E-state index contributed by atoms with van der Waals surface area (Å²) in [6.45, 7) is 4.64. The van der Waals surface area contributed by atoms with Crippen LogP contribution in [0.2, 0.25) is 0 Å². The normalized spacial score (nSPS) is 23.7. The summed E-state index contributed by atoms with van der Waals surface area (Å²) >= 11 is 0. The fraction of sp³-hybridized carbons (Fsp3) is 0.571. The fourth-order valence-corrected chi connectivity index (χ4v) is 5.36. The van der Waals surface area contributed by atoms with E-state index in [0.717, 1.165) is 0 Å². The minimum atomic E-state index is -3.68. The monoisotopic (exact) mass is 361 g/mol. The molecular weight excluding hydrogens is 338 g/mol. The largest absolute Gasteiger partial charge is 0.311 e. The minimum Gasteiger partial charge on any atom is -0.311 e. The number of nitrogens with zero attached hydrogens (tertiary/aromatic N) is 1. The topological polar surface area (TPSA) is 95.6 Å². The van der Waals surface area contributed by atoms with Crippen LogP contribution in [0, 0.1) is 0 Å². The second-order valence-corrected chi connectivity index (χ2v) is 9.43. The molecule has 0 saturated carbocycles. The SMILES string of the molecule is CC1NCCN(S(=O)(=O)CCNS(=O)(=O)c2ccccc2)C1C. The van der Waals surface area contributed by atoms with Gasteiger partial charge in [-0.1, -0.05) is 18.2 Å². The highest BCUT2D eigenvalue weighted by Gasteiger charge is 2.33. The lowest BCUT2D eigenvalue weighted by atomic mass is 10.1. The summed E-state index contributed by atoms with van der Waals surface area (Å²) in [7, 11) is -7.19. The summed E-state index contributed by atoms with van der Waals surface area (Å²) < 4.78 is 52.8. The van der Waals surface area contributed by atoms with Gasteiger partial charge in [-0.2, -0.15) is 4.31 Å². The Morgan fingerprint density at radius 3 is 2.48 bits per heavy atom. The molecule has 0 spiro atoms. The minimum absolute atomic E-state index is 0.0690. The van der Waals surface area contributed by atoms with Gasteiger partial charge < -0.3 is 5.32 Å². The van der Waals surface area contributed by atoms with Crippen LogP contribution in [-0.4, -0.2) is 58.6 Å². The number of piperazine rings is 1. The first-order valence-electron chi connectivity index (χ1n) is 7.52. The van der Waals surface area contributed by atoms with Crippen LogP contribution in [0.4, 0.5) is 0 Å². The standard InChI is InChI=1S/C14H23N3O4S2/c1-12-13(2)17(10-8-15-12)22(18,19)11-9-16-23(20,21)14-6-4-3-5-7-14/h3-7,12-13,15-16H,8-11H2,1-2H3. The third-order valence-electron chi connectivity index (χ3n) is 4.04. The zero-order valence-corrected chi connectivity index (χ0v) is 14.9. The van der Waals surface area contributed by atoms with Crippen molar-refractivity contribution in [2.75, 3.05) is 25.4 Å². The molecule has 0 radical (unpaired) electrons. The molecule has 130 valence electrons. The lowest BCUT2D eigenvalue weighted by Crippen LogP contribution is -2.57. The molecule has 2 atom stereocenters. The van der Waals surface area contributed by atoms with Gasteiger partial charge in [-0.3, -0.25) is 0 Å². The van der Waals surface area contributed by atoms with Gasteiger partial charge in [0.05, 0.1) is 10.6 Å². The quantitative estimate of drug-likeness (QED) is 0.742. The molecule has 1 aliphatic heterocycles. The van der Waals surface area contributed by atoms with Gasteiger partial charge in [-0.15, -0.1) is 0 Å². The van der Waals surface area contributed by atoms with Gasteiger partial charge in [-0.25, -0.2) is 21.6 Å². The summed E-state index contributed by atoms with van der Waals surface area (Å²) in [6, 6.07) is 7.81. The van der Waals surface area contributed by atoms with Crippen molar-refractivity contribution in [3.8, 4) is 0 Å². The lowest BCUT2D eigenvalue weighted by molar-refractivity contribution is 0.233. The van der Waals surface area contributed by atoms with Gasteiger partial charge in [-0.05, 0) is 26.0 Å². The maximum Gasteiger partial charge on any atom is 0.240 e. The van der Waals surface area contributed by atoms with E-state index in [1.165, 1.54) is 16.4 Å². The van der Waals surface area contributed by atoms with E-state index in [1.54, 1.807) is 18.2 Å². The van der Waals surface area contributed by atoms with Crippen molar-refractivity contribution in [3.05, 3.63) is 30.3 Å². The van der Waals surface area contributed by atoms with Crippen LogP contribution in [0.5, 0.6) is 0 Å². The van der Waals surface area contributed by atoms with Gasteiger partial charge in [0, 0.05) is 31.7 Å². The highest BCUT2D eigenvalue weighted by Crippen LogP contribution is 2.14. The van der Waals surface area contributed by atoms with E-state index in [-0.39, 0.29) is 29.3 Å². The molecule has 1 aliphatic rings. The number of hydrogen-bond donors (Lipinski definition) is 2. The van der Waals surface area contributed by atoms with Crippen LogP contribution in [-0.2, 0) is 20.0 Å². The smallest absolute Gasteiger partial charge is 0.240 e. The molecule has 2 N–H and O–H groups in total. The Bertz CT molecular complexity index is 720. The summed E-state index contributed by atoms with van der Waals surface area (Å²) in [5.41, 5.74) is 0. The molecular formula is C14H23N3O4S2. The van der Waals surface area contributed by atoms with E-state index >= 15 is 0 Å². The second kappa shape index (κ2) is 7.27. The summed E-state index contributed by atoms with van der Waals surface area (Å²) in [6.07, 6.45) is 0. The van der Waals surface area contributed by atoms with E-state index in [4.69, 9.17) is 0 Å². The first kappa shape index (κ1) is 18.3. The van der Waals surface area contributed by atoms with Crippen molar-refractivity contribution < 1.29 is 16.8 Å². The molecule has 1 aromatic carbocycles.